The van der Waals surface area contributed by atoms with E-state index in [0.717, 1.165) is 6.26 Å². The highest BCUT2D eigenvalue weighted by Gasteiger charge is 2.45. The third-order valence-electron chi connectivity index (χ3n) is 3.60. The lowest BCUT2D eigenvalue weighted by Gasteiger charge is -2.38. The van der Waals surface area contributed by atoms with Crippen molar-refractivity contribution in [2.75, 3.05) is 22.5 Å². The predicted octanol–water partition coefficient (Wildman–Crippen LogP) is -0.149. The maximum absolute atomic E-state index is 12.4. The Morgan fingerprint density at radius 2 is 2.00 bits per heavy atom. The molecule has 1 aromatic heterocycles. The summed E-state index contributed by atoms with van der Waals surface area (Å²) in [7, 11) is -6.58. The van der Waals surface area contributed by atoms with Gasteiger partial charge in [-0.1, -0.05) is 0 Å². The van der Waals surface area contributed by atoms with Gasteiger partial charge in [-0.15, -0.1) is 0 Å². The number of amides is 1. The number of rotatable bonds is 4. The van der Waals surface area contributed by atoms with Crippen molar-refractivity contribution < 1.29 is 21.6 Å². The van der Waals surface area contributed by atoms with Gasteiger partial charge in [0.25, 0.3) is 5.91 Å². The van der Waals surface area contributed by atoms with Crippen molar-refractivity contribution in [3.63, 3.8) is 0 Å². The summed E-state index contributed by atoms with van der Waals surface area (Å²) in [5, 5.41) is 9.69. The molecule has 2 heterocycles. The van der Waals surface area contributed by atoms with Crippen LogP contribution < -0.4 is 10.0 Å². The predicted molar refractivity (Wildman–Crippen MR) is 89.1 cm³/mol. The number of H-pyrrole nitrogens is 1. The van der Waals surface area contributed by atoms with E-state index < -0.39 is 31.3 Å². The Morgan fingerprint density at radius 3 is 2.58 bits per heavy atom. The Balaban J connectivity index is 1.87. The van der Waals surface area contributed by atoms with E-state index in [2.05, 4.69) is 20.2 Å². The Morgan fingerprint density at radius 1 is 1.33 bits per heavy atom. The molecule has 0 unspecified atom stereocenters. The number of anilines is 1. The number of fused-ring (bicyclic) bond motifs is 1. The van der Waals surface area contributed by atoms with Crippen molar-refractivity contribution >= 4 is 42.5 Å². The van der Waals surface area contributed by atoms with Gasteiger partial charge in [0.15, 0.2) is 15.7 Å². The molecule has 0 atom stereocenters. The van der Waals surface area contributed by atoms with Crippen molar-refractivity contribution in [3.8, 4) is 0 Å². The van der Waals surface area contributed by atoms with Gasteiger partial charge in [0.1, 0.15) is 0 Å². The number of carbonyl (C=O) groups excluding carboxylic acids is 1. The molecule has 11 heteroatoms. The number of aromatic amines is 1. The molecule has 1 aliphatic rings. The molecule has 0 spiro atoms. The second-order valence-corrected chi connectivity index (χ2v) is 10.1. The maximum Gasteiger partial charge on any atom is 0.251 e. The Bertz CT molecular complexity index is 1030. The first-order valence-corrected chi connectivity index (χ1v) is 10.7. The highest BCUT2D eigenvalue weighted by Crippen LogP contribution is 2.25. The first-order chi connectivity index (χ1) is 11.0. The van der Waals surface area contributed by atoms with Crippen LogP contribution in [0.2, 0.25) is 0 Å². The molecule has 1 aromatic carbocycles. The van der Waals surface area contributed by atoms with Gasteiger partial charge >= 0.3 is 0 Å². The molecule has 130 valence electrons. The molecule has 3 N–H and O–H groups in total. The fourth-order valence-electron chi connectivity index (χ4n) is 2.76. The average Bonchev–Trinajstić information content (AvgIpc) is 2.76. The highest BCUT2D eigenvalue weighted by atomic mass is 32.2. The molecule has 24 heavy (non-hydrogen) atoms. The molecule has 1 fully saturated rings. The minimum Gasteiger partial charge on any atom is -0.345 e. The Hall–Kier alpha value is -2.14. The van der Waals surface area contributed by atoms with Crippen molar-refractivity contribution in [2.45, 2.75) is 12.5 Å². The number of hydrogen-bond donors (Lipinski definition) is 3. The lowest BCUT2D eigenvalue weighted by atomic mass is 10.1. The highest BCUT2D eigenvalue weighted by molar-refractivity contribution is 7.93. The normalized spacial score (nSPS) is 18.8. The molecule has 1 aliphatic heterocycles. The van der Waals surface area contributed by atoms with Crippen LogP contribution in [0.4, 0.5) is 5.82 Å². The zero-order chi connectivity index (χ0) is 17.8. The van der Waals surface area contributed by atoms with E-state index in [1.165, 1.54) is 6.07 Å². The molecule has 1 amide bonds. The second kappa shape index (κ2) is 5.18. The molecule has 1 saturated heterocycles. The van der Waals surface area contributed by atoms with Crippen LogP contribution in [0, 0.1) is 0 Å². The third-order valence-corrected chi connectivity index (χ3v) is 6.32. The minimum absolute atomic E-state index is 0.0966. The topological polar surface area (TPSA) is 138 Å². The molecule has 0 bridgehead atoms. The fraction of sp³-hybridized carbons (Fsp3) is 0.385. The van der Waals surface area contributed by atoms with Gasteiger partial charge in [-0.2, -0.15) is 5.10 Å². The van der Waals surface area contributed by atoms with Crippen LogP contribution in [0.3, 0.4) is 0 Å². The van der Waals surface area contributed by atoms with Crippen molar-refractivity contribution in [2.24, 2.45) is 0 Å². The molecule has 0 aliphatic carbocycles. The monoisotopic (exact) mass is 372 g/mol. The standard InChI is InChI=1S/C13H16N4O5S2/c1-13(6-24(21,22)7-13)14-12(18)8-3-4-10-9(5-8)11(16-15-10)17-23(2,19)20/h3-5H,6-7H2,1-2H3,(H,14,18)(H2,15,16,17). The first-order valence-electron chi connectivity index (χ1n) is 6.95. The summed E-state index contributed by atoms with van der Waals surface area (Å²) >= 11 is 0. The number of sulfone groups is 1. The summed E-state index contributed by atoms with van der Waals surface area (Å²) in [6, 6.07) is 4.65. The van der Waals surface area contributed by atoms with E-state index in [1.807, 2.05) is 0 Å². The Labute approximate surface area is 138 Å². The molecule has 0 radical (unpaired) electrons. The van der Waals surface area contributed by atoms with Gasteiger partial charge in [-0.3, -0.25) is 14.6 Å². The second-order valence-electron chi connectivity index (χ2n) is 6.25. The number of sulfonamides is 1. The molecule has 9 nitrogen and oxygen atoms in total. The molecule has 2 aromatic rings. The number of aromatic nitrogens is 2. The summed E-state index contributed by atoms with van der Waals surface area (Å²) in [5.74, 6) is -0.526. The molecular formula is C13H16N4O5S2. The van der Waals surface area contributed by atoms with E-state index in [0.29, 0.717) is 10.9 Å². The number of nitrogens with zero attached hydrogens (tertiary/aromatic N) is 1. The van der Waals surface area contributed by atoms with E-state index in [1.54, 1.807) is 19.1 Å². The van der Waals surface area contributed by atoms with Crippen LogP contribution in [0.15, 0.2) is 18.2 Å². The minimum atomic E-state index is -3.51. The molecule has 3 rings (SSSR count). The lowest BCUT2D eigenvalue weighted by molar-refractivity contribution is 0.0917. The summed E-state index contributed by atoms with van der Waals surface area (Å²) in [6.45, 7) is 1.67. The lowest BCUT2D eigenvalue weighted by Crippen LogP contribution is -2.63. The van der Waals surface area contributed by atoms with Gasteiger partial charge < -0.3 is 5.32 Å². The van der Waals surface area contributed by atoms with Crippen LogP contribution in [-0.4, -0.2) is 56.2 Å². The van der Waals surface area contributed by atoms with Crippen LogP contribution in [0.1, 0.15) is 17.3 Å². The van der Waals surface area contributed by atoms with Gasteiger partial charge in [0.05, 0.1) is 28.8 Å². The van der Waals surface area contributed by atoms with Crippen molar-refractivity contribution in [1.82, 2.24) is 15.5 Å². The van der Waals surface area contributed by atoms with E-state index in [9.17, 15) is 21.6 Å². The number of nitrogens with one attached hydrogen (secondary N) is 3. The van der Waals surface area contributed by atoms with Gasteiger partial charge in [-0.05, 0) is 25.1 Å². The van der Waals surface area contributed by atoms with Gasteiger partial charge in [-0.25, -0.2) is 16.8 Å². The fourth-order valence-corrected chi connectivity index (χ4v) is 5.26. The van der Waals surface area contributed by atoms with E-state index in [-0.39, 0.29) is 22.9 Å². The largest absolute Gasteiger partial charge is 0.345 e. The quantitative estimate of drug-likeness (QED) is 0.682. The molecular weight excluding hydrogens is 356 g/mol. The van der Waals surface area contributed by atoms with E-state index >= 15 is 0 Å². The zero-order valence-electron chi connectivity index (χ0n) is 13.0. The van der Waals surface area contributed by atoms with Gasteiger partial charge in [0, 0.05) is 10.9 Å². The first kappa shape index (κ1) is 16.7. The maximum atomic E-state index is 12.4. The number of carbonyl (C=O) groups is 1. The summed E-state index contributed by atoms with van der Waals surface area (Å²) in [6.07, 6.45) is 1.00. The average molecular weight is 372 g/mol. The van der Waals surface area contributed by atoms with Crippen LogP contribution in [0.5, 0.6) is 0 Å². The summed E-state index contributed by atoms with van der Waals surface area (Å²) in [5.41, 5.74) is 0.0656. The summed E-state index contributed by atoms with van der Waals surface area (Å²) in [4.78, 5) is 12.4. The summed E-state index contributed by atoms with van der Waals surface area (Å²) < 4.78 is 47.6. The third kappa shape index (κ3) is 3.36. The number of hydrogen-bond acceptors (Lipinski definition) is 6. The molecule has 0 saturated carbocycles. The number of benzene rings is 1. The van der Waals surface area contributed by atoms with Crippen LogP contribution in [0.25, 0.3) is 10.9 Å². The van der Waals surface area contributed by atoms with Crippen molar-refractivity contribution in [3.05, 3.63) is 23.8 Å². The van der Waals surface area contributed by atoms with Gasteiger partial charge in [0.2, 0.25) is 10.0 Å². The smallest absolute Gasteiger partial charge is 0.251 e. The van der Waals surface area contributed by atoms with Crippen LogP contribution >= 0.6 is 0 Å². The van der Waals surface area contributed by atoms with Crippen molar-refractivity contribution in [1.29, 1.82) is 0 Å². The Kier molecular flexibility index (Phi) is 3.61. The SMILES string of the molecule is CC1(NC(=O)c2ccc3[nH]nc(NS(C)(=O)=O)c3c2)CS(=O)(=O)C1. The zero-order valence-corrected chi connectivity index (χ0v) is 14.6. The van der Waals surface area contributed by atoms with Crippen LogP contribution in [-0.2, 0) is 19.9 Å². The van der Waals surface area contributed by atoms with E-state index in [4.69, 9.17) is 0 Å².